The zero-order valence-electron chi connectivity index (χ0n) is 17.3. The molecule has 2 aromatic carbocycles. The van der Waals surface area contributed by atoms with Crippen molar-refractivity contribution in [2.75, 3.05) is 7.11 Å². The molecule has 0 radical (unpaired) electrons. The van der Waals surface area contributed by atoms with E-state index in [2.05, 4.69) is 15.4 Å². The Labute approximate surface area is 181 Å². The lowest BCUT2D eigenvalue weighted by atomic mass is 10.0. The number of ether oxygens (including phenoxy) is 1. The molecule has 0 bridgehead atoms. The molecular formula is C22H22F4N2O4. The lowest BCUT2D eigenvalue weighted by molar-refractivity contribution is -0.145. The van der Waals surface area contributed by atoms with Gasteiger partial charge in [0, 0.05) is 19.8 Å². The molecule has 0 aliphatic rings. The average molecular weight is 454 g/mol. The molecule has 0 aliphatic heterocycles. The van der Waals surface area contributed by atoms with E-state index in [1.165, 1.54) is 37.3 Å². The number of esters is 1. The van der Waals surface area contributed by atoms with Crippen molar-refractivity contribution in [1.29, 1.82) is 0 Å². The van der Waals surface area contributed by atoms with Crippen molar-refractivity contribution in [1.82, 2.24) is 10.6 Å². The third kappa shape index (κ3) is 7.36. The van der Waals surface area contributed by atoms with Crippen molar-refractivity contribution in [3.63, 3.8) is 0 Å². The molecule has 0 aliphatic carbocycles. The van der Waals surface area contributed by atoms with Crippen LogP contribution >= 0.6 is 0 Å². The molecule has 6 nitrogen and oxygen atoms in total. The van der Waals surface area contributed by atoms with Crippen LogP contribution in [0.2, 0.25) is 0 Å². The number of nitrogens with one attached hydrogen (secondary N) is 2. The maximum absolute atomic E-state index is 13.5. The van der Waals surface area contributed by atoms with E-state index < -0.39 is 47.4 Å². The Balaban J connectivity index is 2.22. The minimum atomic E-state index is -4.57. The minimum Gasteiger partial charge on any atom is -0.467 e. The molecule has 0 aromatic heterocycles. The van der Waals surface area contributed by atoms with Gasteiger partial charge in [0.15, 0.2) is 0 Å². The zero-order chi connectivity index (χ0) is 23.9. The summed E-state index contributed by atoms with van der Waals surface area (Å²) in [5.74, 6) is -2.70. The number of alkyl halides is 3. The second-order valence-corrected chi connectivity index (χ2v) is 7.07. The van der Waals surface area contributed by atoms with Crippen LogP contribution in [0.25, 0.3) is 0 Å². The molecule has 32 heavy (non-hydrogen) atoms. The fraction of sp³-hybridized carbons (Fsp3) is 0.318. The summed E-state index contributed by atoms with van der Waals surface area (Å²) in [6.45, 7) is 1.19. The van der Waals surface area contributed by atoms with Crippen molar-refractivity contribution in [2.24, 2.45) is 0 Å². The number of carbonyl (C=O) groups is 3. The van der Waals surface area contributed by atoms with E-state index in [1.54, 1.807) is 6.07 Å². The maximum atomic E-state index is 13.5. The largest absolute Gasteiger partial charge is 0.467 e. The molecule has 2 aromatic rings. The zero-order valence-corrected chi connectivity index (χ0v) is 17.3. The Morgan fingerprint density at radius 3 is 2.09 bits per heavy atom. The van der Waals surface area contributed by atoms with Gasteiger partial charge in [-0.2, -0.15) is 13.2 Å². The van der Waals surface area contributed by atoms with Crippen LogP contribution in [0.4, 0.5) is 17.6 Å². The van der Waals surface area contributed by atoms with E-state index in [0.29, 0.717) is 5.56 Å². The monoisotopic (exact) mass is 454 g/mol. The fourth-order valence-corrected chi connectivity index (χ4v) is 3.07. The van der Waals surface area contributed by atoms with E-state index in [9.17, 15) is 31.9 Å². The number of benzene rings is 2. The van der Waals surface area contributed by atoms with Gasteiger partial charge in [0.1, 0.15) is 17.9 Å². The SMILES string of the molecule is COC(=O)[C@@H](Cc1cccc(C(F)(F)F)c1)NC(=O)[C@H](Cc1cccc(F)c1)NC(C)=O. The van der Waals surface area contributed by atoms with Gasteiger partial charge in [-0.15, -0.1) is 0 Å². The number of hydrogen-bond acceptors (Lipinski definition) is 4. The van der Waals surface area contributed by atoms with E-state index in [4.69, 9.17) is 0 Å². The molecule has 0 fully saturated rings. The van der Waals surface area contributed by atoms with Crippen LogP contribution in [0.5, 0.6) is 0 Å². The van der Waals surface area contributed by atoms with Gasteiger partial charge < -0.3 is 15.4 Å². The number of amides is 2. The third-order valence-corrected chi connectivity index (χ3v) is 4.52. The summed E-state index contributed by atoms with van der Waals surface area (Å²) in [7, 11) is 1.08. The summed E-state index contributed by atoms with van der Waals surface area (Å²) in [6.07, 6.45) is -4.91. The van der Waals surface area contributed by atoms with E-state index in [0.717, 1.165) is 19.2 Å². The first-order valence-electron chi connectivity index (χ1n) is 9.55. The molecule has 2 atom stereocenters. The first-order valence-corrected chi connectivity index (χ1v) is 9.55. The third-order valence-electron chi connectivity index (χ3n) is 4.52. The summed E-state index contributed by atoms with van der Waals surface area (Å²) in [5.41, 5.74) is -0.324. The minimum absolute atomic E-state index is 0.0688. The maximum Gasteiger partial charge on any atom is 0.416 e. The molecule has 10 heteroatoms. The predicted molar refractivity (Wildman–Crippen MR) is 107 cm³/mol. The normalized spacial score (nSPS) is 13.1. The molecule has 0 saturated heterocycles. The molecule has 2 amide bonds. The van der Waals surface area contributed by atoms with E-state index >= 15 is 0 Å². The fourth-order valence-electron chi connectivity index (χ4n) is 3.07. The van der Waals surface area contributed by atoms with Crippen LogP contribution in [-0.4, -0.2) is 37.0 Å². The molecule has 2 N–H and O–H groups in total. The smallest absolute Gasteiger partial charge is 0.416 e. The van der Waals surface area contributed by atoms with Gasteiger partial charge in [-0.25, -0.2) is 9.18 Å². The Kier molecular flexibility index (Phi) is 8.34. The first-order chi connectivity index (χ1) is 15.0. The van der Waals surface area contributed by atoms with Crippen molar-refractivity contribution in [3.8, 4) is 0 Å². The van der Waals surface area contributed by atoms with Gasteiger partial charge in [-0.1, -0.05) is 30.3 Å². The first kappa shape index (κ1) is 24.8. The topological polar surface area (TPSA) is 84.5 Å². The van der Waals surface area contributed by atoms with Gasteiger partial charge in [-0.3, -0.25) is 9.59 Å². The Morgan fingerprint density at radius 2 is 1.53 bits per heavy atom. The standard InChI is InChI=1S/C22H22F4N2O4/c1-13(29)27-18(11-15-6-4-8-17(23)10-15)20(30)28-19(21(31)32-2)12-14-5-3-7-16(9-14)22(24,25)26/h3-10,18-19H,11-12H2,1-2H3,(H,27,29)(H,28,30)/t18-,19+/m0/s1. The predicted octanol–water partition coefficient (Wildman–Crippen LogP) is 2.79. The van der Waals surface area contributed by atoms with Crippen molar-refractivity contribution < 1.29 is 36.7 Å². The molecular weight excluding hydrogens is 432 g/mol. The Morgan fingerprint density at radius 1 is 0.938 bits per heavy atom. The molecule has 2 rings (SSSR count). The van der Waals surface area contributed by atoms with Crippen LogP contribution in [0.1, 0.15) is 23.6 Å². The Hall–Kier alpha value is -3.43. The van der Waals surface area contributed by atoms with E-state index in [-0.39, 0.29) is 18.4 Å². The van der Waals surface area contributed by atoms with Gasteiger partial charge >= 0.3 is 12.1 Å². The second-order valence-electron chi connectivity index (χ2n) is 7.07. The highest BCUT2D eigenvalue weighted by molar-refractivity contribution is 5.90. The van der Waals surface area contributed by atoms with Crippen LogP contribution in [0, 0.1) is 5.82 Å². The van der Waals surface area contributed by atoms with Crippen LogP contribution < -0.4 is 10.6 Å². The molecule has 0 spiro atoms. The van der Waals surface area contributed by atoms with Crippen molar-refractivity contribution in [2.45, 2.75) is 38.0 Å². The van der Waals surface area contributed by atoms with Crippen LogP contribution in [0.3, 0.4) is 0 Å². The molecule has 172 valence electrons. The molecule has 0 unspecified atom stereocenters. The van der Waals surface area contributed by atoms with Gasteiger partial charge in [-0.05, 0) is 29.3 Å². The lowest BCUT2D eigenvalue weighted by Crippen LogP contribution is -2.53. The average Bonchev–Trinajstić information content (AvgIpc) is 2.71. The van der Waals surface area contributed by atoms with E-state index in [1.807, 2.05) is 0 Å². The van der Waals surface area contributed by atoms with Gasteiger partial charge in [0.2, 0.25) is 11.8 Å². The summed E-state index contributed by atoms with van der Waals surface area (Å²) >= 11 is 0. The summed E-state index contributed by atoms with van der Waals surface area (Å²) in [4.78, 5) is 36.5. The molecule has 0 saturated carbocycles. The second kappa shape index (κ2) is 10.7. The summed E-state index contributed by atoms with van der Waals surface area (Å²) in [6, 6.07) is 7.31. The van der Waals surface area contributed by atoms with Crippen LogP contribution in [-0.2, 0) is 38.1 Å². The van der Waals surface area contributed by atoms with Crippen LogP contribution in [0.15, 0.2) is 48.5 Å². The number of rotatable bonds is 8. The number of methoxy groups -OCH3 is 1. The highest BCUT2D eigenvalue weighted by Gasteiger charge is 2.31. The number of carbonyl (C=O) groups excluding carboxylic acids is 3. The summed E-state index contributed by atoms with van der Waals surface area (Å²) in [5, 5.41) is 4.84. The van der Waals surface area contributed by atoms with Crippen molar-refractivity contribution >= 4 is 17.8 Å². The van der Waals surface area contributed by atoms with Gasteiger partial charge in [0.25, 0.3) is 0 Å². The summed E-state index contributed by atoms with van der Waals surface area (Å²) < 4.78 is 57.1. The highest BCUT2D eigenvalue weighted by atomic mass is 19.4. The van der Waals surface area contributed by atoms with Crippen molar-refractivity contribution in [3.05, 3.63) is 71.0 Å². The highest BCUT2D eigenvalue weighted by Crippen LogP contribution is 2.29. The molecule has 0 heterocycles. The quantitative estimate of drug-likeness (QED) is 0.475. The van der Waals surface area contributed by atoms with Gasteiger partial charge in [0.05, 0.1) is 12.7 Å². The number of hydrogen-bond donors (Lipinski definition) is 2. The Bertz CT molecular complexity index is 978. The number of halogens is 4. The lowest BCUT2D eigenvalue weighted by Gasteiger charge is -2.22.